The number of hydrogen-bond donors (Lipinski definition) is 1. The SMILES string of the molecule is O=C(Nc1cccc(Oc2ncccn2)c1)N(Cc1cccnc1)C[C@@H]1CCCO1. The first-order valence-corrected chi connectivity index (χ1v) is 9.87. The Labute approximate surface area is 174 Å². The highest BCUT2D eigenvalue weighted by atomic mass is 16.5. The van der Waals surface area contributed by atoms with Crippen LogP contribution in [0.15, 0.2) is 67.3 Å². The van der Waals surface area contributed by atoms with Crippen LogP contribution in [-0.4, -0.2) is 45.1 Å². The van der Waals surface area contributed by atoms with Crippen molar-refractivity contribution in [2.45, 2.75) is 25.5 Å². The van der Waals surface area contributed by atoms with Crippen molar-refractivity contribution in [3.05, 3.63) is 72.8 Å². The Morgan fingerprint density at radius 1 is 1.17 bits per heavy atom. The van der Waals surface area contributed by atoms with Gasteiger partial charge in [-0.15, -0.1) is 0 Å². The minimum absolute atomic E-state index is 0.0531. The molecule has 8 heteroatoms. The average Bonchev–Trinajstić information content (AvgIpc) is 3.28. The summed E-state index contributed by atoms with van der Waals surface area (Å²) in [6.07, 6.45) is 8.73. The van der Waals surface area contributed by atoms with Crippen molar-refractivity contribution in [3.63, 3.8) is 0 Å². The van der Waals surface area contributed by atoms with Crippen LogP contribution >= 0.6 is 0 Å². The van der Waals surface area contributed by atoms with E-state index in [1.165, 1.54) is 0 Å². The molecule has 1 aliphatic rings. The van der Waals surface area contributed by atoms with Crippen LogP contribution in [0.25, 0.3) is 0 Å². The molecule has 0 saturated carbocycles. The third-order valence-corrected chi connectivity index (χ3v) is 4.67. The van der Waals surface area contributed by atoms with E-state index in [-0.39, 0.29) is 18.1 Å². The number of nitrogens with zero attached hydrogens (tertiary/aromatic N) is 4. The van der Waals surface area contributed by atoms with E-state index in [0.29, 0.717) is 24.5 Å². The normalized spacial score (nSPS) is 15.5. The highest BCUT2D eigenvalue weighted by Gasteiger charge is 2.23. The molecule has 2 amide bonds. The fourth-order valence-electron chi connectivity index (χ4n) is 3.25. The molecule has 1 N–H and O–H groups in total. The molecule has 8 nitrogen and oxygen atoms in total. The van der Waals surface area contributed by atoms with Crippen molar-refractivity contribution in [2.24, 2.45) is 0 Å². The van der Waals surface area contributed by atoms with E-state index in [4.69, 9.17) is 9.47 Å². The molecule has 30 heavy (non-hydrogen) atoms. The smallest absolute Gasteiger partial charge is 0.322 e. The Kier molecular flexibility index (Phi) is 6.46. The molecule has 2 aromatic heterocycles. The lowest BCUT2D eigenvalue weighted by molar-refractivity contribution is 0.0819. The summed E-state index contributed by atoms with van der Waals surface area (Å²) in [5.41, 5.74) is 1.58. The number of urea groups is 1. The minimum atomic E-state index is -0.206. The van der Waals surface area contributed by atoms with Crippen molar-refractivity contribution >= 4 is 11.7 Å². The molecule has 1 aliphatic heterocycles. The van der Waals surface area contributed by atoms with Gasteiger partial charge in [0, 0.05) is 56.2 Å². The molecule has 3 heterocycles. The predicted molar refractivity (Wildman–Crippen MR) is 111 cm³/mol. The van der Waals surface area contributed by atoms with Gasteiger partial charge < -0.3 is 19.7 Å². The summed E-state index contributed by atoms with van der Waals surface area (Å²) >= 11 is 0. The second-order valence-corrected chi connectivity index (χ2v) is 6.97. The summed E-state index contributed by atoms with van der Waals surface area (Å²) in [7, 11) is 0. The Balaban J connectivity index is 1.45. The topological polar surface area (TPSA) is 89.5 Å². The van der Waals surface area contributed by atoms with Crippen LogP contribution < -0.4 is 10.1 Å². The van der Waals surface area contributed by atoms with Crippen LogP contribution in [0.5, 0.6) is 11.8 Å². The Morgan fingerprint density at radius 2 is 2.07 bits per heavy atom. The first-order chi connectivity index (χ1) is 14.8. The highest BCUT2D eigenvalue weighted by Crippen LogP contribution is 2.22. The zero-order valence-corrected chi connectivity index (χ0v) is 16.5. The van der Waals surface area contributed by atoms with E-state index in [9.17, 15) is 4.79 Å². The van der Waals surface area contributed by atoms with Crippen LogP contribution in [0, 0.1) is 0 Å². The molecular formula is C22H23N5O3. The molecular weight excluding hydrogens is 382 g/mol. The summed E-state index contributed by atoms with van der Waals surface area (Å²) in [5, 5.41) is 2.95. The number of hydrogen-bond acceptors (Lipinski definition) is 6. The lowest BCUT2D eigenvalue weighted by Crippen LogP contribution is -2.39. The molecule has 1 atom stereocenters. The molecule has 0 bridgehead atoms. The van der Waals surface area contributed by atoms with Gasteiger partial charge >= 0.3 is 12.0 Å². The lowest BCUT2D eigenvalue weighted by atomic mass is 10.2. The van der Waals surface area contributed by atoms with E-state index in [2.05, 4.69) is 20.3 Å². The van der Waals surface area contributed by atoms with Gasteiger partial charge in [-0.2, -0.15) is 0 Å². The van der Waals surface area contributed by atoms with Crippen LogP contribution in [0.2, 0.25) is 0 Å². The quantitative estimate of drug-likeness (QED) is 0.642. The fourth-order valence-corrected chi connectivity index (χ4v) is 3.25. The molecule has 154 valence electrons. The summed E-state index contributed by atoms with van der Waals surface area (Å²) in [6.45, 7) is 1.72. The molecule has 0 unspecified atom stereocenters. The Hall–Kier alpha value is -3.52. The first-order valence-electron chi connectivity index (χ1n) is 9.87. The summed E-state index contributed by atoms with van der Waals surface area (Å²) in [5.74, 6) is 0.539. The number of carbonyl (C=O) groups is 1. The van der Waals surface area contributed by atoms with Gasteiger partial charge in [0.2, 0.25) is 0 Å². The number of carbonyl (C=O) groups excluding carboxylic acids is 1. The van der Waals surface area contributed by atoms with Gasteiger partial charge in [0.1, 0.15) is 5.75 Å². The summed E-state index contributed by atoms with van der Waals surface area (Å²) in [6, 6.07) is 12.7. The van der Waals surface area contributed by atoms with Crippen molar-refractivity contribution in [3.8, 4) is 11.8 Å². The molecule has 1 aromatic carbocycles. The zero-order valence-electron chi connectivity index (χ0n) is 16.5. The number of nitrogens with one attached hydrogen (secondary N) is 1. The minimum Gasteiger partial charge on any atom is -0.424 e. The maximum absolute atomic E-state index is 13.0. The van der Waals surface area contributed by atoms with Gasteiger partial charge in [0.15, 0.2) is 0 Å². The number of ether oxygens (including phenoxy) is 2. The van der Waals surface area contributed by atoms with E-state index in [1.54, 1.807) is 54.0 Å². The second kappa shape index (κ2) is 9.80. The third-order valence-electron chi connectivity index (χ3n) is 4.67. The van der Waals surface area contributed by atoms with Crippen LogP contribution in [0.3, 0.4) is 0 Å². The monoisotopic (exact) mass is 405 g/mol. The number of amides is 2. The standard InChI is InChI=1S/C22H23N5O3/c28-22(26-18-6-1-7-19(13-18)30-21-24-10-4-11-25-21)27(16-20-8-3-12-29-20)15-17-5-2-9-23-14-17/h1-2,4-7,9-11,13-14,20H,3,8,12,15-16H2,(H,26,28)/t20-/m0/s1. The highest BCUT2D eigenvalue weighted by molar-refractivity contribution is 5.89. The molecule has 4 rings (SSSR count). The first kappa shape index (κ1) is 19.8. The predicted octanol–water partition coefficient (Wildman–Crippen LogP) is 3.88. The summed E-state index contributed by atoms with van der Waals surface area (Å²) in [4.78, 5) is 27.0. The van der Waals surface area contributed by atoms with E-state index < -0.39 is 0 Å². The number of benzene rings is 1. The maximum atomic E-state index is 13.0. The average molecular weight is 405 g/mol. The number of aromatic nitrogens is 3. The largest absolute Gasteiger partial charge is 0.424 e. The van der Waals surface area contributed by atoms with E-state index in [0.717, 1.165) is 25.0 Å². The van der Waals surface area contributed by atoms with Crippen molar-refractivity contribution in [2.75, 3.05) is 18.5 Å². The van der Waals surface area contributed by atoms with Crippen LogP contribution in [-0.2, 0) is 11.3 Å². The molecule has 1 saturated heterocycles. The van der Waals surface area contributed by atoms with Crippen molar-refractivity contribution in [1.29, 1.82) is 0 Å². The maximum Gasteiger partial charge on any atom is 0.322 e. The van der Waals surface area contributed by atoms with Crippen molar-refractivity contribution in [1.82, 2.24) is 19.9 Å². The van der Waals surface area contributed by atoms with Gasteiger partial charge in [0.25, 0.3) is 0 Å². The van der Waals surface area contributed by atoms with Gasteiger partial charge in [-0.25, -0.2) is 14.8 Å². The molecule has 0 spiro atoms. The number of pyridine rings is 1. The van der Waals surface area contributed by atoms with Gasteiger partial charge in [-0.05, 0) is 42.7 Å². The number of rotatable bonds is 7. The molecule has 3 aromatic rings. The van der Waals surface area contributed by atoms with Gasteiger partial charge in [-0.1, -0.05) is 12.1 Å². The number of anilines is 1. The fraction of sp³-hybridized carbons (Fsp3) is 0.273. The zero-order chi connectivity index (χ0) is 20.6. The van der Waals surface area contributed by atoms with Crippen LogP contribution in [0.4, 0.5) is 10.5 Å². The lowest BCUT2D eigenvalue weighted by Gasteiger charge is -2.26. The second-order valence-electron chi connectivity index (χ2n) is 6.97. The molecule has 1 fully saturated rings. The third kappa shape index (κ3) is 5.51. The van der Waals surface area contributed by atoms with Gasteiger partial charge in [0.05, 0.1) is 6.10 Å². The van der Waals surface area contributed by atoms with Crippen LogP contribution in [0.1, 0.15) is 18.4 Å². The van der Waals surface area contributed by atoms with E-state index in [1.807, 2.05) is 18.2 Å². The Bertz CT molecular complexity index is 949. The van der Waals surface area contributed by atoms with E-state index >= 15 is 0 Å². The Morgan fingerprint density at radius 3 is 2.83 bits per heavy atom. The van der Waals surface area contributed by atoms with Crippen molar-refractivity contribution < 1.29 is 14.3 Å². The van der Waals surface area contributed by atoms with Gasteiger partial charge in [-0.3, -0.25) is 4.98 Å². The summed E-state index contributed by atoms with van der Waals surface area (Å²) < 4.78 is 11.4. The molecule has 0 aliphatic carbocycles. The molecule has 0 radical (unpaired) electrons.